The molecule has 28 heavy (non-hydrogen) atoms. The molecule has 0 aliphatic heterocycles. The molecule has 150 valence electrons. The van der Waals surface area contributed by atoms with Crippen LogP contribution in [0, 0.1) is 27.7 Å². The molecule has 0 heteroatoms. The summed E-state index contributed by atoms with van der Waals surface area (Å²) in [4.78, 5) is 0. The van der Waals surface area contributed by atoms with Gasteiger partial charge in [-0.2, -0.15) is 0 Å². The van der Waals surface area contributed by atoms with Crippen LogP contribution in [-0.2, 0) is 19.3 Å². The first-order valence-corrected chi connectivity index (χ1v) is 10.7. The van der Waals surface area contributed by atoms with Gasteiger partial charge in [0.25, 0.3) is 0 Å². The Hall–Kier alpha value is -2.08. The van der Waals surface area contributed by atoms with Gasteiger partial charge in [-0.25, -0.2) is 0 Å². The maximum atomic E-state index is 3.85. The van der Waals surface area contributed by atoms with Crippen molar-refractivity contribution >= 4 is 0 Å². The van der Waals surface area contributed by atoms with Gasteiger partial charge in [0, 0.05) is 0 Å². The minimum Gasteiger partial charge on any atom is -0.0988 e. The van der Waals surface area contributed by atoms with Crippen molar-refractivity contribution in [2.24, 2.45) is 0 Å². The third kappa shape index (κ3) is 5.47. The average Bonchev–Trinajstić information content (AvgIpc) is 2.66. The van der Waals surface area contributed by atoms with Gasteiger partial charge in [-0.15, -0.1) is 0 Å². The van der Waals surface area contributed by atoms with Crippen molar-refractivity contribution in [1.82, 2.24) is 0 Å². The molecule has 1 unspecified atom stereocenters. The van der Waals surface area contributed by atoms with Gasteiger partial charge in [0.1, 0.15) is 0 Å². The maximum Gasteiger partial charge on any atom is -0.0147 e. The molecule has 0 heterocycles. The Balaban J connectivity index is 2.29. The molecule has 0 bridgehead atoms. The molecular formula is C28H38. The summed E-state index contributed by atoms with van der Waals surface area (Å²) in [6.07, 6.45) is 8.62. The lowest BCUT2D eigenvalue weighted by Crippen LogP contribution is -2.06. The predicted octanol–water partition coefficient (Wildman–Crippen LogP) is 7.89. The lowest BCUT2D eigenvalue weighted by atomic mass is 9.85. The molecule has 0 saturated heterocycles. The highest BCUT2D eigenvalue weighted by Gasteiger charge is 2.14. The first-order valence-electron chi connectivity index (χ1n) is 10.7. The van der Waals surface area contributed by atoms with E-state index >= 15 is 0 Å². The number of allylic oxidation sites excluding steroid dienone is 3. The Morgan fingerprint density at radius 1 is 0.964 bits per heavy atom. The van der Waals surface area contributed by atoms with Crippen LogP contribution in [0.1, 0.15) is 77.6 Å². The van der Waals surface area contributed by atoms with Crippen molar-refractivity contribution in [2.45, 2.75) is 80.1 Å². The third-order valence-electron chi connectivity index (χ3n) is 6.22. The zero-order valence-corrected chi connectivity index (χ0v) is 19.1. The highest BCUT2D eigenvalue weighted by molar-refractivity contribution is 5.42. The van der Waals surface area contributed by atoms with Gasteiger partial charge in [0.2, 0.25) is 0 Å². The minimum absolute atomic E-state index is 0.529. The molecule has 2 aromatic carbocycles. The fourth-order valence-electron chi connectivity index (χ4n) is 4.14. The number of hydrogen-bond acceptors (Lipinski definition) is 0. The van der Waals surface area contributed by atoms with Crippen LogP contribution in [0.3, 0.4) is 0 Å². The fourth-order valence-corrected chi connectivity index (χ4v) is 4.14. The lowest BCUT2D eigenvalue weighted by Gasteiger charge is -2.20. The topological polar surface area (TPSA) is 0 Å². The fraction of sp³-hybridized carbons (Fsp3) is 0.429. The van der Waals surface area contributed by atoms with Crippen molar-refractivity contribution in [3.8, 4) is 0 Å². The second kappa shape index (κ2) is 9.92. The molecule has 2 aromatic rings. The van der Waals surface area contributed by atoms with Crippen LogP contribution in [0.2, 0.25) is 0 Å². The van der Waals surface area contributed by atoms with E-state index in [-0.39, 0.29) is 0 Å². The molecule has 0 spiro atoms. The molecule has 0 fully saturated rings. The Bertz CT molecular complexity index is 864. The van der Waals surface area contributed by atoms with Gasteiger partial charge < -0.3 is 0 Å². The lowest BCUT2D eigenvalue weighted by molar-refractivity contribution is 0.744. The monoisotopic (exact) mass is 374 g/mol. The smallest absolute Gasteiger partial charge is 0.0147 e. The van der Waals surface area contributed by atoms with Gasteiger partial charge >= 0.3 is 0 Å². The molecule has 0 radical (unpaired) electrons. The van der Waals surface area contributed by atoms with Gasteiger partial charge in [-0.3, -0.25) is 0 Å². The summed E-state index contributed by atoms with van der Waals surface area (Å²) in [6, 6.07) is 9.62. The third-order valence-corrected chi connectivity index (χ3v) is 6.22. The van der Waals surface area contributed by atoms with E-state index in [2.05, 4.69) is 85.4 Å². The van der Waals surface area contributed by atoms with Crippen molar-refractivity contribution < 1.29 is 0 Å². The first kappa shape index (κ1) is 22.2. The summed E-state index contributed by atoms with van der Waals surface area (Å²) in [6.45, 7) is 19.6. The molecule has 0 aliphatic rings. The predicted molar refractivity (Wildman–Crippen MR) is 126 cm³/mol. The van der Waals surface area contributed by atoms with Gasteiger partial charge in [0.05, 0.1) is 0 Å². The van der Waals surface area contributed by atoms with E-state index in [4.69, 9.17) is 0 Å². The Labute approximate surface area is 173 Å². The molecular weight excluding hydrogens is 336 g/mol. The first-order chi connectivity index (χ1) is 13.3. The summed E-state index contributed by atoms with van der Waals surface area (Å²) in [5, 5.41) is 0. The summed E-state index contributed by atoms with van der Waals surface area (Å²) >= 11 is 0. The standard InChI is InChI=1S/C28H38/c1-9-19(3)12-11-13-25-17-26(10-2)24(8)27(18-25)15-23(7)28-16-21(5)20(4)14-22(28)6/h9,12,14,16-18,23H,1,10-11,13,15H2,2-8H3. The van der Waals surface area contributed by atoms with Crippen molar-refractivity contribution in [2.75, 3.05) is 0 Å². The highest BCUT2D eigenvalue weighted by atomic mass is 14.2. The molecule has 0 amide bonds. The quantitative estimate of drug-likeness (QED) is 0.412. The zero-order chi connectivity index (χ0) is 20.8. The largest absolute Gasteiger partial charge is 0.0988 e. The Kier molecular flexibility index (Phi) is 7.87. The zero-order valence-electron chi connectivity index (χ0n) is 19.1. The van der Waals surface area contributed by atoms with E-state index < -0.39 is 0 Å². The second-order valence-electron chi connectivity index (χ2n) is 8.48. The van der Waals surface area contributed by atoms with Crippen LogP contribution in [0.4, 0.5) is 0 Å². The van der Waals surface area contributed by atoms with Crippen LogP contribution in [0.25, 0.3) is 0 Å². The SMILES string of the molecule is C=CC(C)=CCCc1cc(CC)c(C)c(CC(C)c2cc(C)c(C)cc2C)c1. The van der Waals surface area contributed by atoms with Crippen LogP contribution < -0.4 is 0 Å². The van der Waals surface area contributed by atoms with Crippen molar-refractivity contribution in [3.05, 3.63) is 93.1 Å². The number of benzene rings is 2. The van der Waals surface area contributed by atoms with E-state index in [0.717, 1.165) is 25.7 Å². The van der Waals surface area contributed by atoms with E-state index in [0.29, 0.717) is 5.92 Å². The Morgan fingerprint density at radius 2 is 1.61 bits per heavy atom. The van der Waals surface area contributed by atoms with E-state index in [9.17, 15) is 0 Å². The molecule has 0 saturated carbocycles. The van der Waals surface area contributed by atoms with E-state index in [1.807, 2.05) is 6.08 Å². The molecule has 0 nitrogen and oxygen atoms in total. The van der Waals surface area contributed by atoms with Crippen LogP contribution >= 0.6 is 0 Å². The summed E-state index contributed by atoms with van der Waals surface area (Å²) in [5.41, 5.74) is 12.9. The second-order valence-corrected chi connectivity index (χ2v) is 8.48. The Morgan fingerprint density at radius 3 is 2.25 bits per heavy atom. The van der Waals surface area contributed by atoms with E-state index in [1.165, 1.54) is 50.1 Å². The highest BCUT2D eigenvalue weighted by Crippen LogP contribution is 2.29. The maximum absolute atomic E-state index is 3.85. The number of hydrogen-bond donors (Lipinski definition) is 0. The van der Waals surface area contributed by atoms with Crippen molar-refractivity contribution in [3.63, 3.8) is 0 Å². The molecule has 0 aromatic heterocycles. The van der Waals surface area contributed by atoms with Gasteiger partial charge in [-0.05, 0) is 111 Å². The van der Waals surface area contributed by atoms with E-state index in [1.54, 1.807) is 0 Å². The molecule has 0 aliphatic carbocycles. The molecule has 1 atom stereocenters. The van der Waals surface area contributed by atoms with Crippen LogP contribution in [0.15, 0.2) is 48.6 Å². The van der Waals surface area contributed by atoms with Crippen LogP contribution in [0.5, 0.6) is 0 Å². The summed E-state index contributed by atoms with van der Waals surface area (Å²) in [5.74, 6) is 0.529. The molecule has 2 rings (SSSR count). The number of aryl methyl sites for hydroxylation is 5. The minimum atomic E-state index is 0.529. The number of rotatable bonds is 8. The van der Waals surface area contributed by atoms with Crippen molar-refractivity contribution in [1.29, 1.82) is 0 Å². The summed E-state index contributed by atoms with van der Waals surface area (Å²) < 4.78 is 0. The average molecular weight is 375 g/mol. The van der Waals surface area contributed by atoms with Gasteiger partial charge in [-0.1, -0.05) is 62.4 Å². The van der Waals surface area contributed by atoms with Gasteiger partial charge in [0.15, 0.2) is 0 Å². The van der Waals surface area contributed by atoms with Crippen LogP contribution in [-0.4, -0.2) is 0 Å². The summed E-state index contributed by atoms with van der Waals surface area (Å²) in [7, 11) is 0. The normalized spacial score (nSPS) is 12.9. The molecule has 0 N–H and O–H groups in total.